The first-order valence-corrected chi connectivity index (χ1v) is 5.06. The Hall–Kier alpha value is -1.02. The molecule has 0 saturated carbocycles. The molecule has 74 valence electrons. The van der Waals surface area contributed by atoms with Crippen LogP contribution in [-0.4, -0.2) is 12.5 Å². The summed E-state index contributed by atoms with van der Waals surface area (Å²) in [5.41, 5.74) is 2.67. The SMILES string of the molecule is Cc1ccc2c(c1Cl)C(=O)NCC2C. The quantitative estimate of drug-likeness (QED) is 0.699. The van der Waals surface area contributed by atoms with E-state index in [2.05, 4.69) is 12.2 Å². The van der Waals surface area contributed by atoms with Crippen molar-refractivity contribution in [3.63, 3.8) is 0 Å². The third-order valence-corrected chi connectivity index (χ3v) is 3.18. The van der Waals surface area contributed by atoms with Crippen LogP contribution < -0.4 is 5.32 Å². The van der Waals surface area contributed by atoms with E-state index in [1.807, 2.05) is 19.1 Å². The standard InChI is InChI=1S/C11H12ClNO/c1-6-3-4-8-7(2)5-13-11(14)9(8)10(6)12/h3-4,7H,5H2,1-2H3,(H,13,14). The van der Waals surface area contributed by atoms with E-state index in [1.165, 1.54) is 0 Å². The molecule has 1 amide bonds. The van der Waals surface area contributed by atoms with Gasteiger partial charge in [0.1, 0.15) is 0 Å². The highest BCUT2D eigenvalue weighted by Crippen LogP contribution is 2.31. The average Bonchev–Trinajstić information content (AvgIpc) is 2.16. The van der Waals surface area contributed by atoms with Gasteiger partial charge in [-0.05, 0) is 24.0 Å². The summed E-state index contributed by atoms with van der Waals surface area (Å²) in [6.45, 7) is 4.70. The lowest BCUT2D eigenvalue weighted by Crippen LogP contribution is -2.34. The summed E-state index contributed by atoms with van der Waals surface area (Å²) in [6.07, 6.45) is 0. The number of carbonyl (C=O) groups is 1. The highest BCUT2D eigenvalue weighted by molar-refractivity contribution is 6.34. The number of nitrogens with one attached hydrogen (secondary N) is 1. The van der Waals surface area contributed by atoms with Crippen LogP contribution in [0.1, 0.15) is 34.3 Å². The molecule has 0 saturated heterocycles. The third kappa shape index (κ3) is 1.30. The van der Waals surface area contributed by atoms with Crippen LogP contribution >= 0.6 is 11.6 Å². The normalized spacial score (nSPS) is 20.2. The van der Waals surface area contributed by atoms with Crippen molar-refractivity contribution in [3.8, 4) is 0 Å². The van der Waals surface area contributed by atoms with Crippen molar-refractivity contribution < 1.29 is 4.79 Å². The fraction of sp³-hybridized carbons (Fsp3) is 0.364. The van der Waals surface area contributed by atoms with Gasteiger partial charge in [0.15, 0.2) is 0 Å². The van der Waals surface area contributed by atoms with Gasteiger partial charge in [-0.15, -0.1) is 0 Å². The predicted molar refractivity (Wildman–Crippen MR) is 56.9 cm³/mol. The first kappa shape index (κ1) is 9.53. The Morgan fingerprint density at radius 1 is 1.50 bits per heavy atom. The Balaban J connectivity index is 2.67. The minimum absolute atomic E-state index is 0.0493. The van der Waals surface area contributed by atoms with Crippen LogP contribution in [0, 0.1) is 6.92 Å². The zero-order valence-corrected chi connectivity index (χ0v) is 8.98. The molecule has 0 aromatic heterocycles. The molecule has 14 heavy (non-hydrogen) atoms. The van der Waals surface area contributed by atoms with Gasteiger partial charge in [-0.2, -0.15) is 0 Å². The lowest BCUT2D eigenvalue weighted by atomic mass is 9.90. The van der Waals surface area contributed by atoms with Gasteiger partial charge in [-0.1, -0.05) is 30.7 Å². The van der Waals surface area contributed by atoms with Gasteiger partial charge in [0.25, 0.3) is 5.91 Å². The number of rotatable bonds is 0. The molecule has 1 aliphatic heterocycles. The Labute approximate surface area is 88.3 Å². The second kappa shape index (κ2) is 3.28. The molecule has 0 aliphatic carbocycles. The highest BCUT2D eigenvalue weighted by atomic mass is 35.5. The molecule has 1 aromatic rings. The van der Waals surface area contributed by atoms with E-state index in [4.69, 9.17) is 11.6 Å². The average molecular weight is 210 g/mol. The summed E-state index contributed by atoms with van der Waals surface area (Å²) in [7, 11) is 0. The fourth-order valence-corrected chi connectivity index (χ4v) is 2.04. The molecule has 2 nitrogen and oxygen atoms in total. The smallest absolute Gasteiger partial charge is 0.253 e. The number of hydrogen-bond donors (Lipinski definition) is 1. The molecule has 1 heterocycles. The van der Waals surface area contributed by atoms with Gasteiger partial charge in [0.05, 0.1) is 10.6 Å². The second-order valence-electron chi connectivity index (χ2n) is 3.77. The van der Waals surface area contributed by atoms with Crippen LogP contribution in [0.4, 0.5) is 0 Å². The number of hydrogen-bond acceptors (Lipinski definition) is 1. The van der Waals surface area contributed by atoms with Crippen molar-refractivity contribution in [2.24, 2.45) is 0 Å². The maximum Gasteiger partial charge on any atom is 0.253 e. The van der Waals surface area contributed by atoms with Crippen molar-refractivity contribution in [1.82, 2.24) is 5.32 Å². The molecule has 1 aliphatic rings. The number of aryl methyl sites for hydroxylation is 1. The van der Waals surface area contributed by atoms with Crippen LogP contribution in [0.15, 0.2) is 12.1 Å². The van der Waals surface area contributed by atoms with Crippen molar-refractivity contribution in [1.29, 1.82) is 0 Å². The maximum absolute atomic E-state index is 11.6. The molecule has 0 radical (unpaired) electrons. The lowest BCUT2D eigenvalue weighted by Gasteiger charge is -2.24. The molecule has 2 rings (SSSR count). The monoisotopic (exact) mass is 209 g/mol. The van der Waals surface area contributed by atoms with Gasteiger partial charge < -0.3 is 5.32 Å². The number of benzene rings is 1. The molecular formula is C11H12ClNO. The Morgan fingerprint density at radius 3 is 2.93 bits per heavy atom. The second-order valence-corrected chi connectivity index (χ2v) is 4.15. The van der Waals surface area contributed by atoms with Crippen LogP contribution in [0.25, 0.3) is 0 Å². The zero-order chi connectivity index (χ0) is 10.3. The molecule has 0 bridgehead atoms. The summed E-state index contributed by atoms with van der Waals surface area (Å²) in [5.74, 6) is 0.299. The fourth-order valence-electron chi connectivity index (χ4n) is 1.78. The summed E-state index contributed by atoms with van der Waals surface area (Å²) >= 11 is 6.11. The van der Waals surface area contributed by atoms with Crippen LogP contribution in [0.2, 0.25) is 5.02 Å². The molecule has 1 aromatic carbocycles. The largest absolute Gasteiger partial charge is 0.351 e. The molecule has 1 atom stereocenters. The van der Waals surface area contributed by atoms with Crippen molar-refractivity contribution >= 4 is 17.5 Å². The van der Waals surface area contributed by atoms with Crippen molar-refractivity contribution in [2.45, 2.75) is 19.8 Å². The predicted octanol–water partition coefficient (Wildman–Crippen LogP) is 2.50. The van der Waals surface area contributed by atoms with E-state index in [0.29, 0.717) is 23.0 Å². The van der Waals surface area contributed by atoms with Crippen molar-refractivity contribution in [3.05, 3.63) is 33.8 Å². The Kier molecular flexibility index (Phi) is 2.23. The first-order chi connectivity index (χ1) is 6.61. The third-order valence-electron chi connectivity index (χ3n) is 2.69. The molecular weight excluding hydrogens is 198 g/mol. The number of halogens is 1. The van der Waals surface area contributed by atoms with Crippen molar-refractivity contribution in [2.75, 3.05) is 6.54 Å². The number of carbonyl (C=O) groups excluding carboxylic acids is 1. The van der Waals surface area contributed by atoms with E-state index < -0.39 is 0 Å². The van der Waals surface area contributed by atoms with Gasteiger partial charge in [-0.25, -0.2) is 0 Å². The van der Waals surface area contributed by atoms with Crippen LogP contribution in [0.5, 0.6) is 0 Å². The maximum atomic E-state index is 11.6. The summed E-state index contributed by atoms with van der Waals surface area (Å²) < 4.78 is 0. The van der Waals surface area contributed by atoms with E-state index in [-0.39, 0.29) is 5.91 Å². The minimum Gasteiger partial charge on any atom is -0.351 e. The zero-order valence-electron chi connectivity index (χ0n) is 8.23. The minimum atomic E-state index is -0.0493. The van der Waals surface area contributed by atoms with Crippen LogP contribution in [-0.2, 0) is 0 Å². The van der Waals surface area contributed by atoms with Crippen LogP contribution in [0.3, 0.4) is 0 Å². The summed E-state index contributed by atoms with van der Waals surface area (Å²) in [6, 6.07) is 3.97. The van der Waals surface area contributed by atoms with E-state index in [1.54, 1.807) is 0 Å². The lowest BCUT2D eigenvalue weighted by molar-refractivity contribution is 0.0941. The Bertz CT molecular complexity index is 401. The Morgan fingerprint density at radius 2 is 2.21 bits per heavy atom. The van der Waals surface area contributed by atoms with E-state index in [9.17, 15) is 4.79 Å². The number of fused-ring (bicyclic) bond motifs is 1. The van der Waals surface area contributed by atoms with Gasteiger partial charge in [-0.3, -0.25) is 4.79 Å². The van der Waals surface area contributed by atoms with Gasteiger partial charge in [0, 0.05) is 6.54 Å². The summed E-state index contributed by atoms with van der Waals surface area (Å²) in [4.78, 5) is 11.6. The molecule has 1 N–H and O–H groups in total. The molecule has 1 unspecified atom stereocenters. The number of amides is 1. The van der Waals surface area contributed by atoms with Gasteiger partial charge >= 0.3 is 0 Å². The topological polar surface area (TPSA) is 29.1 Å². The molecule has 3 heteroatoms. The molecule has 0 fully saturated rings. The first-order valence-electron chi connectivity index (χ1n) is 4.68. The summed E-state index contributed by atoms with van der Waals surface area (Å²) in [5, 5.41) is 3.42. The highest BCUT2D eigenvalue weighted by Gasteiger charge is 2.25. The molecule has 0 spiro atoms. The van der Waals surface area contributed by atoms with Gasteiger partial charge in [0.2, 0.25) is 0 Å². The van der Waals surface area contributed by atoms with E-state index in [0.717, 1.165) is 11.1 Å². The van der Waals surface area contributed by atoms with E-state index >= 15 is 0 Å².